The molecule has 0 amide bonds. The Morgan fingerprint density at radius 2 is 1.83 bits per heavy atom. The van der Waals surface area contributed by atoms with Crippen molar-refractivity contribution in [3.8, 4) is 11.3 Å². The standard InChI is InChI=1S/C12H8F4N2/c1-7-9(10-6-8(13)4-5-17-10)2-3-11(18-7)12(14,15)16/h2-6H,1H3. The Hall–Kier alpha value is -1.98. The first-order valence-electron chi connectivity index (χ1n) is 5.04. The summed E-state index contributed by atoms with van der Waals surface area (Å²) in [4.78, 5) is 7.36. The first-order valence-corrected chi connectivity index (χ1v) is 5.04. The zero-order chi connectivity index (χ0) is 13.3. The molecule has 2 heterocycles. The summed E-state index contributed by atoms with van der Waals surface area (Å²) in [5, 5.41) is 0. The second-order valence-corrected chi connectivity index (χ2v) is 3.69. The van der Waals surface area contributed by atoms with Gasteiger partial charge >= 0.3 is 6.18 Å². The van der Waals surface area contributed by atoms with Crippen molar-refractivity contribution in [2.45, 2.75) is 13.1 Å². The fraction of sp³-hybridized carbons (Fsp3) is 0.167. The number of alkyl halides is 3. The van der Waals surface area contributed by atoms with E-state index in [0.717, 1.165) is 18.2 Å². The van der Waals surface area contributed by atoms with Gasteiger partial charge < -0.3 is 0 Å². The first kappa shape index (κ1) is 12.5. The van der Waals surface area contributed by atoms with Crippen LogP contribution in [0.4, 0.5) is 17.6 Å². The summed E-state index contributed by atoms with van der Waals surface area (Å²) in [6, 6.07) is 4.41. The summed E-state index contributed by atoms with van der Waals surface area (Å²) in [5.41, 5.74) is -0.181. The Labute approximate surface area is 100 Å². The third-order valence-electron chi connectivity index (χ3n) is 2.37. The van der Waals surface area contributed by atoms with Crippen molar-refractivity contribution in [1.29, 1.82) is 0 Å². The van der Waals surface area contributed by atoms with E-state index in [9.17, 15) is 17.6 Å². The van der Waals surface area contributed by atoms with E-state index in [2.05, 4.69) is 9.97 Å². The molecule has 0 aliphatic heterocycles. The maximum Gasteiger partial charge on any atom is 0.433 e. The molecule has 0 aliphatic carbocycles. The van der Waals surface area contributed by atoms with E-state index in [1.807, 2.05) is 0 Å². The van der Waals surface area contributed by atoms with Gasteiger partial charge in [-0.05, 0) is 25.1 Å². The van der Waals surface area contributed by atoms with Crippen LogP contribution in [0.2, 0.25) is 0 Å². The molecule has 0 fully saturated rings. The largest absolute Gasteiger partial charge is 0.433 e. The van der Waals surface area contributed by atoms with Gasteiger partial charge in [-0.15, -0.1) is 0 Å². The Kier molecular flexibility index (Phi) is 3.02. The van der Waals surface area contributed by atoms with Gasteiger partial charge in [-0.2, -0.15) is 13.2 Å². The minimum atomic E-state index is -4.49. The highest BCUT2D eigenvalue weighted by molar-refractivity contribution is 5.61. The second-order valence-electron chi connectivity index (χ2n) is 3.69. The van der Waals surface area contributed by atoms with Crippen LogP contribution in [-0.2, 0) is 6.18 Å². The number of aryl methyl sites for hydroxylation is 1. The molecule has 0 aromatic carbocycles. The highest BCUT2D eigenvalue weighted by atomic mass is 19.4. The van der Waals surface area contributed by atoms with Gasteiger partial charge in [0.05, 0.1) is 5.69 Å². The van der Waals surface area contributed by atoms with Crippen molar-refractivity contribution >= 4 is 0 Å². The number of pyridine rings is 2. The van der Waals surface area contributed by atoms with Gasteiger partial charge in [0.2, 0.25) is 0 Å². The third-order valence-corrected chi connectivity index (χ3v) is 2.37. The van der Waals surface area contributed by atoms with Crippen LogP contribution in [0.1, 0.15) is 11.4 Å². The van der Waals surface area contributed by atoms with Crippen molar-refractivity contribution in [3.63, 3.8) is 0 Å². The van der Waals surface area contributed by atoms with Gasteiger partial charge in [0, 0.05) is 23.5 Å². The molecular weight excluding hydrogens is 248 g/mol. The van der Waals surface area contributed by atoms with Gasteiger partial charge in [0.15, 0.2) is 0 Å². The number of nitrogens with zero attached hydrogens (tertiary/aromatic N) is 2. The lowest BCUT2D eigenvalue weighted by molar-refractivity contribution is -0.141. The number of hydrogen-bond acceptors (Lipinski definition) is 2. The van der Waals surface area contributed by atoms with Crippen LogP contribution < -0.4 is 0 Å². The fourth-order valence-corrected chi connectivity index (χ4v) is 1.54. The molecule has 0 aliphatic rings. The van der Waals surface area contributed by atoms with E-state index in [4.69, 9.17) is 0 Å². The Morgan fingerprint density at radius 1 is 1.11 bits per heavy atom. The highest BCUT2D eigenvalue weighted by Gasteiger charge is 2.32. The maximum absolute atomic E-state index is 13.0. The second kappa shape index (κ2) is 4.36. The number of hydrogen-bond donors (Lipinski definition) is 0. The molecular formula is C12H8F4N2. The Balaban J connectivity index is 2.48. The molecule has 18 heavy (non-hydrogen) atoms. The molecule has 2 aromatic heterocycles. The van der Waals surface area contributed by atoms with Crippen LogP contribution in [0.3, 0.4) is 0 Å². The molecule has 6 heteroatoms. The average molecular weight is 256 g/mol. The molecule has 0 unspecified atom stereocenters. The smallest absolute Gasteiger partial charge is 0.256 e. The molecule has 0 atom stereocenters. The summed E-state index contributed by atoms with van der Waals surface area (Å²) in [7, 11) is 0. The third kappa shape index (κ3) is 2.47. The minimum Gasteiger partial charge on any atom is -0.256 e. The van der Waals surface area contributed by atoms with Crippen molar-refractivity contribution in [1.82, 2.24) is 9.97 Å². The molecule has 0 spiro atoms. The minimum absolute atomic E-state index is 0.155. The van der Waals surface area contributed by atoms with Gasteiger partial charge in [-0.25, -0.2) is 9.37 Å². The number of aromatic nitrogens is 2. The van der Waals surface area contributed by atoms with Crippen LogP contribution >= 0.6 is 0 Å². The predicted octanol–water partition coefficient (Wildman–Crippen LogP) is 3.61. The van der Waals surface area contributed by atoms with Gasteiger partial charge in [-0.1, -0.05) is 0 Å². The highest BCUT2D eigenvalue weighted by Crippen LogP contribution is 2.30. The summed E-state index contributed by atoms with van der Waals surface area (Å²) in [6.45, 7) is 1.43. The van der Waals surface area contributed by atoms with Gasteiger partial charge in [-0.3, -0.25) is 4.98 Å². The lowest BCUT2D eigenvalue weighted by Crippen LogP contribution is -2.09. The van der Waals surface area contributed by atoms with Crippen molar-refractivity contribution in [2.75, 3.05) is 0 Å². The van der Waals surface area contributed by atoms with E-state index >= 15 is 0 Å². The van der Waals surface area contributed by atoms with Crippen molar-refractivity contribution in [2.24, 2.45) is 0 Å². The molecule has 2 rings (SSSR count). The molecule has 0 saturated carbocycles. The molecule has 94 valence electrons. The maximum atomic E-state index is 13.0. The molecule has 0 N–H and O–H groups in total. The van der Waals surface area contributed by atoms with Crippen molar-refractivity contribution < 1.29 is 17.6 Å². The topological polar surface area (TPSA) is 25.8 Å². The molecule has 2 aromatic rings. The van der Waals surface area contributed by atoms with E-state index in [-0.39, 0.29) is 11.4 Å². The number of halogens is 4. The summed E-state index contributed by atoms with van der Waals surface area (Å²) in [5.74, 6) is -0.501. The predicted molar refractivity (Wildman–Crippen MR) is 57.2 cm³/mol. The fourth-order valence-electron chi connectivity index (χ4n) is 1.54. The van der Waals surface area contributed by atoms with E-state index in [1.165, 1.54) is 19.2 Å². The molecule has 2 nitrogen and oxygen atoms in total. The normalized spacial score (nSPS) is 11.6. The van der Waals surface area contributed by atoms with E-state index in [0.29, 0.717) is 5.56 Å². The van der Waals surface area contributed by atoms with E-state index < -0.39 is 17.7 Å². The van der Waals surface area contributed by atoms with Crippen molar-refractivity contribution in [3.05, 3.63) is 47.7 Å². The molecule has 0 saturated heterocycles. The Bertz CT molecular complexity index is 579. The zero-order valence-corrected chi connectivity index (χ0v) is 9.29. The summed E-state index contributed by atoms with van der Waals surface area (Å²) >= 11 is 0. The molecule has 0 radical (unpaired) electrons. The quantitative estimate of drug-likeness (QED) is 0.728. The zero-order valence-electron chi connectivity index (χ0n) is 9.29. The first-order chi connectivity index (χ1) is 8.38. The van der Waals surface area contributed by atoms with Crippen LogP contribution in [0, 0.1) is 12.7 Å². The lowest BCUT2D eigenvalue weighted by atomic mass is 10.1. The van der Waals surface area contributed by atoms with Gasteiger partial charge in [0.25, 0.3) is 0 Å². The van der Waals surface area contributed by atoms with Crippen LogP contribution in [0.15, 0.2) is 30.5 Å². The van der Waals surface area contributed by atoms with Crippen LogP contribution in [0.5, 0.6) is 0 Å². The average Bonchev–Trinajstić information content (AvgIpc) is 2.27. The molecule has 0 bridgehead atoms. The van der Waals surface area contributed by atoms with E-state index in [1.54, 1.807) is 0 Å². The number of rotatable bonds is 1. The van der Waals surface area contributed by atoms with Crippen LogP contribution in [-0.4, -0.2) is 9.97 Å². The van der Waals surface area contributed by atoms with Crippen LogP contribution in [0.25, 0.3) is 11.3 Å². The lowest BCUT2D eigenvalue weighted by Gasteiger charge is -2.09. The Morgan fingerprint density at radius 3 is 2.39 bits per heavy atom. The summed E-state index contributed by atoms with van der Waals surface area (Å²) in [6.07, 6.45) is -3.24. The van der Waals surface area contributed by atoms with Gasteiger partial charge in [0.1, 0.15) is 11.5 Å². The SMILES string of the molecule is Cc1nc(C(F)(F)F)ccc1-c1cc(F)ccn1. The summed E-state index contributed by atoms with van der Waals surface area (Å²) < 4.78 is 50.3. The monoisotopic (exact) mass is 256 g/mol.